The van der Waals surface area contributed by atoms with Crippen LogP contribution in [0.4, 0.5) is 9.52 Å². The lowest BCUT2D eigenvalue weighted by Gasteiger charge is -1.94. The first kappa shape index (κ1) is 10.9. The molecule has 0 unspecified atom stereocenters. The Labute approximate surface area is 91.0 Å². The van der Waals surface area contributed by atoms with Crippen molar-refractivity contribution in [3.63, 3.8) is 0 Å². The minimum atomic E-state index is -0.244. The molecular weight excluding hydrogens is 223 g/mol. The second-order valence-corrected chi connectivity index (χ2v) is 3.47. The maximum absolute atomic E-state index is 12.6. The molecule has 0 radical (unpaired) electrons. The van der Waals surface area contributed by atoms with E-state index in [0.29, 0.717) is 5.13 Å². The first-order valence-corrected chi connectivity index (χ1v) is 4.60. The fourth-order valence-corrected chi connectivity index (χ4v) is 1.61. The maximum Gasteiger partial charge on any atom is 0.180 e. The molecule has 0 aliphatic carbocycles. The fraction of sp³-hybridized carbons (Fsp3) is 0. The van der Waals surface area contributed by atoms with Crippen LogP contribution in [0, 0.1) is 5.82 Å². The molecule has 0 saturated carbocycles. The third kappa shape index (κ3) is 2.21. The van der Waals surface area contributed by atoms with Crippen molar-refractivity contribution >= 4 is 28.9 Å². The summed E-state index contributed by atoms with van der Waals surface area (Å²) < 4.78 is 12.6. The van der Waals surface area contributed by atoms with Gasteiger partial charge in [0.15, 0.2) is 5.13 Å². The summed E-state index contributed by atoms with van der Waals surface area (Å²) in [7, 11) is 0. The van der Waals surface area contributed by atoms with Crippen LogP contribution in [-0.2, 0) is 0 Å². The van der Waals surface area contributed by atoms with E-state index in [1.54, 1.807) is 12.1 Å². The van der Waals surface area contributed by atoms with Gasteiger partial charge >= 0.3 is 0 Å². The minimum Gasteiger partial charge on any atom is -0.375 e. The van der Waals surface area contributed by atoms with E-state index in [9.17, 15) is 4.39 Å². The predicted octanol–water partition coefficient (Wildman–Crippen LogP) is 2.95. The number of anilines is 1. The minimum absolute atomic E-state index is 0. The molecule has 2 nitrogen and oxygen atoms in total. The van der Waals surface area contributed by atoms with Crippen LogP contribution in [0.2, 0.25) is 0 Å². The van der Waals surface area contributed by atoms with Gasteiger partial charge in [-0.15, -0.1) is 23.7 Å². The molecule has 2 rings (SSSR count). The molecule has 0 atom stereocenters. The van der Waals surface area contributed by atoms with Crippen LogP contribution < -0.4 is 5.73 Å². The Kier molecular flexibility index (Phi) is 3.43. The zero-order valence-electron chi connectivity index (χ0n) is 7.11. The third-order valence-electron chi connectivity index (χ3n) is 1.66. The monoisotopic (exact) mass is 230 g/mol. The number of aromatic nitrogens is 1. The van der Waals surface area contributed by atoms with Gasteiger partial charge in [-0.2, -0.15) is 0 Å². The summed E-state index contributed by atoms with van der Waals surface area (Å²) in [5, 5.41) is 2.38. The van der Waals surface area contributed by atoms with E-state index in [0.717, 1.165) is 11.3 Å². The molecule has 0 bridgehead atoms. The van der Waals surface area contributed by atoms with Crippen molar-refractivity contribution in [2.45, 2.75) is 0 Å². The van der Waals surface area contributed by atoms with Gasteiger partial charge in [-0.3, -0.25) is 0 Å². The zero-order valence-corrected chi connectivity index (χ0v) is 8.74. The predicted molar refractivity (Wildman–Crippen MR) is 59.2 cm³/mol. The van der Waals surface area contributed by atoms with Gasteiger partial charge in [0.2, 0.25) is 0 Å². The molecule has 0 amide bonds. The van der Waals surface area contributed by atoms with Crippen molar-refractivity contribution in [2.24, 2.45) is 0 Å². The van der Waals surface area contributed by atoms with E-state index in [2.05, 4.69) is 4.98 Å². The van der Waals surface area contributed by atoms with Gasteiger partial charge in [0, 0.05) is 10.9 Å². The van der Waals surface area contributed by atoms with Crippen LogP contribution >= 0.6 is 23.7 Å². The zero-order chi connectivity index (χ0) is 9.26. The van der Waals surface area contributed by atoms with E-state index >= 15 is 0 Å². The lowest BCUT2D eigenvalue weighted by atomic mass is 10.2. The second-order valence-electron chi connectivity index (χ2n) is 2.58. The highest BCUT2D eigenvalue weighted by Crippen LogP contribution is 2.22. The highest BCUT2D eigenvalue weighted by Gasteiger charge is 2.01. The molecule has 1 aromatic heterocycles. The second kappa shape index (κ2) is 4.39. The van der Waals surface area contributed by atoms with Gasteiger partial charge < -0.3 is 5.73 Å². The number of hydrogen-bond acceptors (Lipinski definition) is 3. The van der Waals surface area contributed by atoms with Crippen molar-refractivity contribution in [3.8, 4) is 11.3 Å². The largest absolute Gasteiger partial charge is 0.375 e. The average Bonchev–Trinajstić information content (AvgIpc) is 2.53. The van der Waals surface area contributed by atoms with E-state index in [1.807, 2.05) is 5.38 Å². The smallest absolute Gasteiger partial charge is 0.180 e. The van der Waals surface area contributed by atoms with E-state index < -0.39 is 0 Å². The van der Waals surface area contributed by atoms with E-state index in [1.165, 1.54) is 23.5 Å². The molecule has 5 heteroatoms. The van der Waals surface area contributed by atoms with Crippen LogP contribution in [0.3, 0.4) is 0 Å². The number of thiazole rings is 1. The van der Waals surface area contributed by atoms with E-state index in [-0.39, 0.29) is 18.2 Å². The van der Waals surface area contributed by atoms with Gasteiger partial charge in [-0.25, -0.2) is 9.37 Å². The highest BCUT2D eigenvalue weighted by molar-refractivity contribution is 7.13. The van der Waals surface area contributed by atoms with Crippen LogP contribution in [-0.4, -0.2) is 4.98 Å². The summed E-state index contributed by atoms with van der Waals surface area (Å²) in [6.07, 6.45) is 0. The summed E-state index contributed by atoms with van der Waals surface area (Å²) in [6, 6.07) is 6.18. The van der Waals surface area contributed by atoms with Crippen molar-refractivity contribution in [1.29, 1.82) is 0 Å². The lowest BCUT2D eigenvalue weighted by molar-refractivity contribution is 0.628. The Morgan fingerprint density at radius 1 is 1.21 bits per heavy atom. The Bertz CT molecular complexity index is 413. The van der Waals surface area contributed by atoms with Crippen molar-refractivity contribution in [3.05, 3.63) is 35.5 Å². The number of nitrogens with zero attached hydrogens (tertiary/aromatic N) is 1. The highest BCUT2D eigenvalue weighted by atomic mass is 35.5. The van der Waals surface area contributed by atoms with Gasteiger partial charge in [0.05, 0.1) is 5.69 Å². The van der Waals surface area contributed by atoms with Gasteiger partial charge in [-0.05, 0) is 24.3 Å². The number of rotatable bonds is 1. The van der Waals surface area contributed by atoms with Gasteiger partial charge in [0.25, 0.3) is 0 Å². The van der Waals surface area contributed by atoms with Crippen LogP contribution in [0.5, 0.6) is 0 Å². The first-order chi connectivity index (χ1) is 6.25. The Morgan fingerprint density at radius 2 is 1.86 bits per heavy atom. The number of benzene rings is 1. The summed E-state index contributed by atoms with van der Waals surface area (Å²) in [5.74, 6) is -0.244. The quantitative estimate of drug-likeness (QED) is 0.818. The maximum atomic E-state index is 12.6. The molecule has 0 aliphatic heterocycles. The molecular formula is C9H8ClFN2S. The summed E-state index contributed by atoms with van der Waals surface area (Å²) in [5.41, 5.74) is 7.16. The molecule has 1 heterocycles. The summed E-state index contributed by atoms with van der Waals surface area (Å²) >= 11 is 1.38. The third-order valence-corrected chi connectivity index (χ3v) is 2.34. The number of nitrogen functional groups attached to an aromatic ring is 1. The van der Waals surface area contributed by atoms with Crippen molar-refractivity contribution in [2.75, 3.05) is 5.73 Å². The topological polar surface area (TPSA) is 38.9 Å². The number of hydrogen-bond donors (Lipinski definition) is 1. The van der Waals surface area contributed by atoms with E-state index in [4.69, 9.17) is 5.73 Å². The summed E-state index contributed by atoms with van der Waals surface area (Å²) in [6.45, 7) is 0. The van der Waals surface area contributed by atoms with Crippen molar-refractivity contribution < 1.29 is 4.39 Å². The Morgan fingerprint density at radius 3 is 2.36 bits per heavy atom. The fourth-order valence-electron chi connectivity index (χ4n) is 1.04. The Balaban J connectivity index is 0.000000980. The molecule has 2 aromatic rings. The van der Waals surface area contributed by atoms with Crippen LogP contribution in [0.25, 0.3) is 11.3 Å². The molecule has 0 saturated heterocycles. The first-order valence-electron chi connectivity index (χ1n) is 3.72. The van der Waals surface area contributed by atoms with Gasteiger partial charge in [-0.1, -0.05) is 0 Å². The molecule has 74 valence electrons. The molecule has 0 fully saturated rings. The molecule has 1 aromatic carbocycles. The standard InChI is InChI=1S/C9H7FN2S.ClH/c10-7-3-1-6(2-4-7)8-5-13-9(11)12-8;/h1-5H,(H2,11,12);1H. The SMILES string of the molecule is Cl.Nc1nc(-c2ccc(F)cc2)cs1. The molecule has 0 aliphatic rings. The number of nitrogens with two attached hydrogens (primary N) is 1. The number of halogens is 2. The average molecular weight is 231 g/mol. The summed E-state index contributed by atoms with van der Waals surface area (Å²) in [4.78, 5) is 4.08. The Hall–Kier alpha value is -1.13. The van der Waals surface area contributed by atoms with Crippen LogP contribution in [0.1, 0.15) is 0 Å². The molecule has 2 N–H and O–H groups in total. The molecule has 14 heavy (non-hydrogen) atoms. The van der Waals surface area contributed by atoms with Gasteiger partial charge in [0.1, 0.15) is 5.82 Å². The van der Waals surface area contributed by atoms with Crippen molar-refractivity contribution in [1.82, 2.24) is 4.98 Å². The molecule has 0 spiro atoms. The normalized spacial score (nSPS) is 9.50. The lowest BCUT2D eigenvalue weighted by Crippen LogP contribution is -1.83. The van der Waals surface area contributed by atoms with Crippen LogP contribution in [0.15, 0.2) is 29.6 Å².